The molecule has 3 rings (SSSR count). The lowest BCUT2D eigenvalue weighted by Crippen LogP contribution is -2.29. The van der Waals surface area contributed by atoms with Gasteiger partial charge >= 0.3 is 5.97 Å². The highest BCUT2D eigenvalue weighted by Gasteiger charge is 2.22. The first-order valence-corrected chi connectivity index (χ1v) is 10.4. The largest absolute Gasteiger partial charge is 0.493 e. The quantitative estimate of drug-likeness (QED) is 0.594. The summed E-state index contributed by atoms with van der Waals surface area (Å²) in [5.41, 5.74) is 3.43. The Morgan fingerprint density at radius 1 is 1.32 bits per heavy atom. The van der Waals surface area contributed by atoms with Crippen molar-refractivity contribution in [2.24, 2.45) is 0 Å². The predicted octanol–water partition coefficient (Wildman–Crippen LogP) is 4.70. The van der Waals surface area contributed by atoms with Crippen LogP contribution in [0.15, 0.2) is 40.9 Å². The van der Waals surface area contributed by atoms with Gasteiger partial charge in [0.05, 0.1) is 19.6 Å². The molecule has 1 aliphatic rings. The average molecular weight is 448 g/mol. The SMILES string of the molecule is CCOC(=O)CCNC1CCOc2cc(OCc3cccc(Br)c3C)ccc21. The van der Waals surface area contributed by atoms with Gasteiger partial charge < -0.3 is 19.5 Å². The lowest BCUT2D eigenvalue weighted by molar-refractivity contribution is -0.143. The van der Waals surface area contributed by atoms with E-state index in [1.807, 2.05) is 37.3 Å². The van der Waals surface area contributed by atoms with Crippen LogP contribution in [0.5, 0.6) is 11.5 Å². The van der Waals surface area contributed by atoms with Crippen molar-refractivity contribution in [1.29, 1.82) is 0 Å². The second-order valence-corrected chi connectivity index (χ2v) is 7.57. The molecule has 1 atom stereocenters. The maximum absolute atomic E-state index is 11.5. The molecule has 1 N–H and O–H groups in total. The van der Waals surface area contributed by atoms with Crippen LogP contribution in [0.4, 0.5) is 0 Å². The molecule has 0 saturated carbocycles. The third-order valence-electron chi connectivity index (χ3n) is 4.82. The Kier molecular flexibility index (Phi) is 7.34. The zero-order valence-electron chi connectivity index (χ0n) is 16.3. The van der Waals surface area contributed by atoms with Gasteiger partial charge in [-0.3, -0.25) is 4.79 Å². The van der Waals surface area contributed by atoms with E-state index in [4.69, 9.17) is 14.2 Å². The van der Waals surface area contributed by atoms with Gasteiger partial charge in [-0.15, -0.1) is 0 Å². The summed E-state index contributed by atoms with van der Waals surface area (Å²) in [6.45, 7) is 6.04. The molecule has 0 radical (unpaired) electrons. The zero-order chi connectivity index (χ0) is 19.9. The molecule has 2 aromatic carbocycles. The highest BCUT2D eigenvalue weighted by molar-refractivity contribution is 9.10. The normalized spacial score (nSPS) is 15.5. The van der Waals surface area contributed by atoms with Crippen LogP contribution in [0.2, 0.25) is 0 Å². The van der Waals surface area contributed by atoms with E-state index in [1.54, 1.807) is 0 Å². The molecule has 150 valence electrons. The van der Waals surface area contributed by atoms with E-state index < -0.39 is 0 Å². The molecule has 5 nitrogen and oxygen atoms in total. The van der Waals surface area contributed by atoms with Crippen molar-refractivity contribution in [3.05, 3.63) is 57.6 Å². The molecule has 0 aliphatic carbocycles. The third-order valence-corrected chi connectivity index (χ3v) is 5.68. The van der Waals surface area contributed by atoms with Gasteiger partial charge in [0.2, 0.25) is 0 Å². The molecule has 6 heteroatoms. The fourth-order valence-corrected chi connectivity index (χ4v) is 3.63. The number of esters is 1. The van der Waals surface area contributed by atoms with Gasteiger partial charge in [-0.25, -0.2) is 0 Å². The number of fused-ring (bicyclic) bond motifs is 1. The van der Waals surface area contributed by atoms with E-state index in [0.717, 1.165) is 33.5 Å². The maximum Gasteiger partial charge on any atom is 0.307 e. The first-order valence-electron chi connectivity index (χ1n) is 9.61. The van der Waals surface area contributed by atoms with Crippen LogP contribution >= 0.6 is 15.9 Å². The molecule has 0 spiro atoms. The van der Waals surface area contributed by atoms with E-state index in [-0.39, 0.29) is 12.0 Å². The van der Waals surface area contributed by atoms with E-state index in [2.05, 4.69) is 34.2 Å². The Hall–Kier alpha value is -2.05. The van der Waals surface area contributed by atoms with Crippen LogP contribution < -0.4 is 14.8 Å². The van der Waals surface area contributed by atoms with Crippen LogP contribution in [-0.4, -0.2) is 25.7 Å². The first kappa shape index (κ1) is 20.7. The number of hydrogen-bond acceptors (Lipinski definition) is 5. The molecule has 0 aromatic heterocycles. The van der Waals surface area contributed by atoms with E-state index in [9.17, 15) is 4.79 Å². The molecule has 2 aromatic rings. The first-order chi connectivity index (χ1) is 13.6. The van der Waals surface area contributed by atoms with Crippen molar-refractivity contribution >= 4 is 21.9 Å². The van der Waals surface area contributed by atoms with E-state index >= 15 is 0 Å². The third kappa shape index (κ3) is 5.26. The summed E-state index contributed by atoms with van der Waals surface area (Å²) in [4.78, 5) is 11.5. The lowest BCUT2D eigenvalue weighted by Gasteiger charge is -2.27. The molecule has 0 bridgehead atoms. The van der Waals surface area contributed by atoms with Crippen LogP contribution in [0.1, 0.15) is 42.5 Å². The number of hydrogen-bond donors (Lipinski definition) is 1. The Balaban J connectivity index is 1.60. The molecule has 0 amide bonds. The number of rotatable bonds is 8. The number of carbonyl (C=O) groups excluding carboxylic acids is 1. The maximum atomic E-state index is 11.5. The summed E-state index contributed by atoms with van der Waals surface area (Å²) < 4.78 is 17.9. The summed E-state index contributed by atoms with van der Waals surface area (Å²) >= 11 is 3.55. The van der Waals surface area contributed by atoms with Crippen molar-refractivity contribution in [2.45, 2.75) is 39.3 Å². The molecule has 1 unspecified atom stereocenters. The number of nitrogens with one attached hydrogen (secondary N) is 1. The van der Waals surface area contributed by atoms with Gasteiger partial charge in [0.1, 0.15) is 18.1 Å². The van der Waals surface area contributed by atoms with Crippen LogP contribution in [0.25, 0.3) is 0 Å². The number of benzene rings is 2. The Bertz CT molecular complexity index is 824. The average Bonchev–Trinajstić information content (AvgIpc) is 2.69. The number of carbonyl (C=O) groups is 1. The molecular weight excluding hydrogens is 422 g/mol. The summed E-state index contributed by atoms with van der Waals surface area (Å²) in [6, 6.07) is 12.2. The van der Waals surface area contributed by atoms with Gasteiger partial charge in [-0.2, -0.15) is 0 Å². The molecule has 1 heterocycles. The molecular formula is C22H26BrNO4. The minimum atomic E-state index is -0.172. The van der Waals surface area contributed by atoms with Crippen LogP contribution in [0, 0.1) is 6.92 Å². The second kappa shape index (κ2) is 9.94. The van der Waals surface area contributed by atoms with Gasteiger partial charge in [-0.05, 0) is 37.1 Å². The molecule has 1 aliphatic heterocycles. The number of halogens is 1. The van der Waals surface area contributed by atoms with Crippen molar-refractivity contribution in [2.75, 3.05) is 19.8 Å². The molecule has 0 saturated heterocycles. The van der Waals surface area contributed by atoms with Gasteiger partial charge in [0.15, 0.2) is 0 Å². The minimum absolute atomic E-state index is 0.166. The standard InChI is InChI=1S/C22H26BrNO4/c1-3-26-22(25)9-11-24-20-10-12-27-21-13-17(7-8-18(20)21)28-14-16-5-4-6-19(23)15(16)2/h4-8,13,20,24H,3,9-12,14H2,1-2H3. The summed E-state index contributed by atoms with van der Waals surface area (Å²) in [7, 11) is 0. The smallest absolute Gasteiger partial charge is 0.307 e. The Morgan fingerprint density at radius 2 is 2.18 bits per heavy atom. The Labute approximate surface area is 174 Å². The summed E-state index contributed by atoms with van der Waals surface area (Å²) in [5.74, 6) is 1.45. The van der Waals surface area contributed by atoms with Crippen molar-refractivity contribution in [3.8, 4) is 11.5 Å². The second-order valence-electron chi connectivity index (χ2n) is 6.71. The zero-order valence-corrected chi connectivity index (χ0v) is 17.9. The fourth-order valence-electron chi connectivity index (χ4n) is 3.22. The highest BCUT2D eigenvalue weighted by Crippen LogP contribution is 2.35. The summed E-state index contributed by atoms with van der Waals surface area (Å²) in [6.07, 6.45) is 1.24. The van der Waals surface area contributed by atoms with Crippen molar-refractivity contribution < 1.29 is 19.0 Å². The molecule has 0 fully saturated rings. The van der Waals surface area contributed by atoms with E-state index in [1.165, 1.54) is 5.56 Å². The van der Waals surface area contributed by atoms with Crippen LogP contribution in [-0.2, 0) is 16.1 Å². The topological polar surface area (TPSA) is 56.8 Å². The fraction of sp³-hybridized carbons (Fsp3) is 0.409. The van der Waals surface area contributed by atoms with Gasteiger partial charge in [0.25, 0.3) is 0 Å². The highest BCUT2D eigenvalue weighted by atomic mass is 79.9. The lowest BCUT2D eigenvalue weighted by atomic mass is 10.00. The molecule has 28 heavy (non-hydrogen) atoms. The van der Waals surface area contributed by atoms with Crippen LogP contribution in [0.3, 0.4) is 0 Å². The van der Waals surface area contributed by atoms with Crippen molar-refractivity contribution in [3.63, 3.8) is 0 Å². The number of ether oxygens (including phenoxy) is 3. The predicted molar refractivity (Wildman–Crippen MR) is 112 cm³/mol. The minimum Gasteiger partial charge on any atom is -0.493 e. The summed E-state index contributed by atoms with van der Waals surface area (Å²) in [5, 5.41) is 3.43. The van der Waals surface area contributed by atoms with Gasteiger partial charge in [-0.1, -0.05) is 34.1 Å². The van der Waals surface area contributed by atoms with Gasteiger partial charge in [0, 0.05) is 35.1 Å². The van der Waals surface area contributed by atoms with Crippen molar-refractivity contribution in [1.82, 2.24) is 5.32 Å². The monoisotopic (exact) mass is 447 g/mol. The van der Waals surface area contributed by atoms with E-state index in [0.29, 0.717) is 32.8 Å². The Morgan fingerprint density at radius 3 is 3.00 bits per heavy atom.